The summed E-state index contributed by atoms with van der Waals surface area (Å²) in [5, 5.41) is 2.59. The molecule has 2 heterocycles. The van der Waals surface area contributed by atoms with E-state index in [1.54, 1.807) is 0 Å². The second kappa shape index (κ2) is 9.82. The van der Waals surface area contributed by atoms with Crippen molar-refractivity contribution in [2.45, 2.75) is 71.6 Å². The maximum atomic E-state index is 5.49. The van der Waals surface area contributed by atoms with Crippen LogP contribution in [0.4, 0.5) is 0 Å². The van der Waals surface area contributed by atoms with E-state index in [-0.39, 0.29) is 21.7 Å². The zero-order chi connectivity index (χ0) is 34.1. The molecular weight excluding hydrogens is 593 g/mol. The van der Waals surface area contributed by atoms with Crippen molar-refractivity contribution in [1.29, 1.82) is 0 Å². The highest BCUT2D eigenvalue weighted by Crippen LogP contribution is 2.62. The lowest BCUT2D eigenvalue weighted by Crippen LogP contribution is -2.42. The van der Waals surface area contributed by atoms with Gasteiger partial charge in [0.05, 0.1) is 16.7 Å². The van der Waals surface area contributed by atoms with Gasteiger partial charge in [-0.15, -0.1) is 0 Å². The molecule has 0 unspecified atom stereocenters. The van der Waals surface area contributed by atoms with Crippen molar-refractivity contribution in [2.75, 3.05) is 0 Å². The van der Waals surface area contributed by atoms with Gasteiger partial charge < -0.3 is 0 Å². The molecule has 2 aromatic heterocycles. The Balaban J connectivity index is 1.43. The highest BCUT2D eigenvalue weighted by atomic mass is 15.1. The molecule has 0 radical (unpaired) electrons. The lowest BCUT2D eigenvalue weighted by Gasteiger charge is -2.44. The summed E-state index contributed by atoms with van der Waals surface area (Å²) in [7, 11) is 0. The summed E-state index contributed by atoms with van der Waals surface area (Å²) in [6, 6.07) is 44.9. The lowest BCUT2D eigenvalue weighted by molar-refractivity contribution is 0.125. The predicted octanol–water partition coefficient (Wildman–Crippen LogP) is 12.4. The Morgan fingerprint density at radius 1 is 0.449 bits per heavy atom. The van der Waals surface area contributed by atoms with Crippen LogP contribution in [0.1, 0.15) is 77.6 Å². The van der Waals surface area contributed by atoms with E-state index in [1.165, 1.54) is 60.8 Å². The molecule has 9 rings (SSSR count). The third-order valence-corrected chi connectivity index (χ3v) is 13.3. The second-order valence-electron chi connectivity index (χ2n) is 16.5. The van der Waals surface area contributed by atoms with Crippen LogP contribution in [0.5, 0.6) is 0 Å². The molecular formula is C47H44N2. The Morgan fingerprint density at radius 3 is 1.67 bits per heavy atom. The molecule has 2 heteroatoms. The number of hydrogen-bond donors (Lipinski definition) is 0. The van der Waals surface area contributed by atoms with Crippen LogP contribution in [0.15, 0.2) is 121 Å². The molecule has 0 spiro atoms. The third-order valence-electron chi connectivity index (χ3n) is 13.3. The van der Waals surface area contributed by atoms with Crippen LogP contribution >= 0.6 is 0 Å². The average molecular weight is 637 g/mol. The third kappa shape index (κ3) is 3.92. The molecule has 0 aliphatic heterocycles. The molecule has 49 heavy (non-hydrogen) atoms. The fourth-order valence-corrected chi connectivity index (χ4v) is 9.18. The molecule has 0 atom stereocenters. The van der Waals surface area contributed by atoms with Gasteiger partial charge in [-0.2, -0.15) is 0 Å². The number of aromatic nitrogens is 2. The predicted molar refractivity (Wildman–Crippen MR) is 207 cm³/mol. The molecule has 2 nitrogen and oxygen atoms in total. The summed E-state index contributed by atoms with van der Waals surface area (Å²) in [6.07, 6.45) is 0. The Labute approximate surface area is 290 Å². The number of fused-ring (bicyclic) bond motifs is 7. The van der Waals surface area contributed by atoms with Crippen LogP contribution in [-0.4, -0.2) is 9.55 Å². The van der Waals surface area contributed by atoms with Gasteiger partial charge in [0, 0.05) is 21.8 Å². The van der Waals surface area contributed by atoms with Gasteiger partial charge in [0.2, 0.25) is 0 Å². The molecule has 0 fully saturated rings. The Hall–Kier alpha value is -4.95. The fraction of sp³-hybridized carbons (Fsp3) is 0.255. The van der Waals surface area contributed by atoms with E-state index in [2.05, 4.69) is 181 Å². The minimum atomic E-state index is -0.105. The SMILES string of the molecule is CC1(C)c2ccccc2-c2cc3c4cc5c(cc4n(-c4cc(-c6ccccc6)cc(-c6ccccc6)n4)c3cc21)C(C)(C)C(C)(C)C5(C)C. The number of rotatable bonds is 3. The Morgan fingerprint density at radius 2 is 1.00 bits per heavy atom. The van der Waals surface area contributed by atoms with Gasteiger partial charge >= 0.3 is 0 Å². The molecule has 242 valence electrons. The van der Waals surface area contributed by atoms with Crippen LogP contribution in [0, 0.1) is 5.41 Å². The van der Waals surface area contributed by atoms with E-state index in [0.29, 0.717) is 0 Å². The van der Waals surface area contributed by atoms with Gasteiger partial charge in [-0.3, -0.25) is 4.57 Å². The van der Waals surface area contributed by atoms with Crippen LogP contribution in [0.25, 0.3) is 61.1 Å². The molecule has 0 N–H and O–H groups in total. The number of hydrogen-bond acceptors (Lipinski definition) is 1. The first-order valence-electron chi connectivity index (χ1n) is 17.7. The summed E-state index contributed by atoms with van der Waals surface area (Å²) >= 11 is 0. The summed E-state index contributed by atoms with van der Waals surface area (Å²) in [5.74, 6) is 0.947. The topological polar surface area (TPSA) is 17.8 Å². The first-order valence-corrected chi connectivity index (χ1v) is 17.7. The molecule has 0 amide bonds. The average Bonchev–Trinajstić information content (AvgIpc) is 3.58. The van der Waals surface area contributed by atoms with Crippen molar-refractivity contribution in [1.82, 2.24) is 9.55 Å². The molecule has 0 saturated heterocycles. The molecule has 5 aromatic carbocycles. The van der Waals surface area contributed by atoms with Crippen molar-refractivity contribution in [2.24, 2.45) is 5.41 Å². The molecule has 0 saturated carbocycles. The van der Waals surface area contributed by atoms with Crippen LogP contribution in [-0.2, 0) is 16.2 Å². The van der Waals surface area contributed by atoms with Crippen LogP contribution < -0.4 is 0 Å². The van der Waals surface area contributed by atoms with Crippen LogP contribution in [0.2, 0.25) is 0 Å². The highest BCUT2D eigenvalue weighted by molar-refractivity contribution is 6.12. The van der Waals surface area contributed by atoms with Gasteiger partial charge in [-0.25, -0.2) is 4.98 Å². The number of benzene rings is 5. The van der Waals surface area contributed by atoms with Crippen molar-refractivity contribution < 1.29 is 0 Å². The summed E-state index contributed by atoms with van der Waals surface area (Å²) < 4.78 is 2.47. The monoisotopic (exact) mass is 636 g/mol. The minimum absolute atomic E-state index is 0.00567. The maximum absolute atomic E-state index is 5.49. The number of nitrogens with zero attached hydrogens (tertiary/aromatic N) is 2. The quantitative estimate of drug-likeness (QED) is 0.189. The van der Waals surface area contributed by atoms with E-state index >= 15 is 0 Å². The van der Waals surface area contributed by atoms with Gasteiger partial charge in [0.15, 0.2) is 0 Å². The van der Waals surface area contributed by atoms with Crippen LogP contribution in [0.3, 0.4) is 0 Å². The fourth-order valence-electron chi connectivity index (χ4n) is 9.18. The smallest absolute Gasteiger partial charge is 0.138 e. The standard InChI is InChI=1S/C47H44N2/c1-44(2)36-22-16-15-21-32(36)33-25-34-35-26-38-39(46(5,6)47(7,8)45(38,3)4)28-42(35)49(41(34)27-37(33)44)43-24-31(29-17-11-9-12-18-29)23-40(48-43)30-19-13-10-14-20-30/h9-28H,1-8H3. The summed E-state index contributed by atoms with van der Waals surface area (Å²) in [6.45, 7) is 19.4. The largest absolute Gasteiger partial charge is 0.294 e. The first kappa shape index (κ1) is 30.1. The zero-order valence-corrected chi connectivity index (χ0v) is 29.9. The van der Waals surface area contributed by atoms with Crippen molar-refractivity contribution in [3.8, 4) is 39.3 Å². The van der Waals surface area contributed by atoms with Gasteiger partial charge in [-0.1, -0.05) is 140 Å². The Bertz CT molecular complexity index is 2410. The highest BCUT2D eigenvalue weighted by Gasteiger charge is 2.57. The summed E-state index contributed by atoms with van der Waals surface area (Å²) in [5.41, 5.74) is 15.2. The van der Waals surface area contributed by atoms with Crippen molar-refractivity contribution >= 4 is 21.8 Å². The van der Waals surface area contributed by atoms with Gasteiger partial charge in [-0.05, 0) is 97.2 Å². The minimum Gasteiger partial charge on any atom is -0.294 e. The van der Waals surface area contributed by atoms with E-state index < -0.39 is 0 Å². The van der Waals surface area contributed by atoms with E-state index in [0.717, 1.165) is 22.6 Å². The van der Waals surface area contributed by atoms with Gasteiger partial charge in [0.25, 0.3) is 0 Å². The van der Waals surface area contributed by atoms with E-state index in [1.807, 2.05) is 0 Å². The number of pyridine rings is 1. The van der Waals surface area contributed by atoms with E-state index in [9.17, 15) is 0 Å². The molecule has 7 aromatic rings. The normalized spacial score (nSPS) is 17.6. The lowest BCUT2D eigenvalue weighted by atomic mass is 9.59. The molecule has 2 aliphatic rings. The van der Waals surface area contributed by atoms with Gasteiger partial charge in [0.1, 0.15) is 5.82 Å². The van der Waals surface area contributed by atoms with Crippen molar-refractivity contribution in [3.05, 3.63) is 144 Å². The second-order valence-corrected chi connectivity index (χ2v) is 16.5. The molecule has 2 aliphatic carbocycles. The molecule has 0 bridgehead atoms. The van der Waals surface area contributed by atoms with Crippen molar-refractivity contribution in [3.63, 3.8) is 0 Å². The Kier molecular flexibility index (Phi) is 6.04. The maximum Gasteiger partial charge on any atom is 0.138 e. The summed E-state index contributed by atoms with van der Waals surface area (Å²) in [4.78, 5) is 5.49. The van der Waals surface area contributed by atoms with E-state index in [4.69, 9.17) is 4.98 Å². The first-order chi connectivity index (χ1) is 23.3. The zero-order valence-electron chi connectivity index (χ0n) is 29.9.